The number of rotatable bonds is 8. The van der Waals surface area contributed by atoms with E-state index in [-0.39, 0.29) is 44.5 Å². The third-order valence-corrected chi connectivity index (χ3v) is 7.76. The highest BCUT2D eigenvalue weighted by Crippen LogP contribution is 2.37. The fraction of sp³-hybridized carbons (Fsp3) is 0. The van der Waals surface area contributed by atoms with E-state index >= 15 is 0 Å². The van der Waals surface area contributed by atoms with E-state index in [2.05, 4.69) is 0 Å². The molecule has 4 N–H and O–H groups in total. The summed E-state index contributed by atoms with van der Waals surface area (Å²) in [5.74, 6) is -5.19. The van der Waals surface area contributed by atoms with Crippen molar-refractivity contribution >= 4 is 33.7 Å². The van der Waals surface area contributed by atoms with Crippen LogP contribution in [0.25, 0.3) is 22.3 Å². The molecule has 0 unspecified atom stereocenters. The molecule has 196 valence electrons. The zero-order valence-electron chi connectivity index (χ0n) is 19.7. The molecule has 0 fully saturated rings. The lowest BCUT2D eigenvalue weighted by atomic mass is 10.0. The van der Waals surface area contributed by atoms with Crippen LogP contribution >= 0.6 is 0 Å². The van der Waals surface area contributed by atoms with Crippen LogP contribution in [0.15, 0.2) is 94.7 Å². The number of carboxylic acid groups (broad SMARTS) is 4. The first kappa shape index (κ1) is 26.8. The van der Waals surface area contributed by atoms with Crippen LogP contribution in [0.3, 0.4) is 0 Å². The summed E-state index contributed by atoms with van der Waals surface area (Å²) in [7, 11) is -4.62. The Kier molecular flexibility index (Phi) is 7.02. The van der Waals surface area contributed by atoms with E-state index in [0.29, 0.717) is 0 Å². The minimum Gasteiger partial charge on any atom is -0.478 e. The third kappa shape index (κ3) is 5.24. The minimum absolute atomic E-state index is 0.0495. The van der Waals surface area contributed by atoms with Gasteiger partial charge >= 0.3 is 23.9 Å². The Morgan fingerprint density at radius 3 is 1.00 bits per heavy atom. The van der Waals surface area contributed by atoms with Crippen molar-refractivity contribution in [1.82, 2.24) is 0 Å². The molecule has 4 aromatic carbocycles. The molecular weight excluding hydrogens is 528 g/mol. The van der Waals surface area contributed by atoms with Crippen LogP contribution in [0, 0.1) is 0 Å². The third-order valence-electron chi connectivity index (χ3n) is 5.92. The fourth-order valence-electron chi connectivity index (χ4n) is 3.94. The second kappa shape index (κ2) is 10.2. The predicted octanol–water partition coefficient (Wildman–Crippen LogP) is 4.65. The molecule has 0 saturated heterocycles. The highest BCUT2D eigenvalue weighted by Gasteiger charge is 2.28. The maximum absolute atomic E-state index is 14.1. The van der Waals surface area contributed by atoms with Gasteiger partial charge < -0.3 is 20.4 Å². The van der Waals surface area contributed by atoms with Gasteiger partial charge in [-0.05, 0) is 59.7 Å². The Balaban J connectivity index is 2.00. The van der Waals surface area contributed by atoms with Crippen molar-refractivity contribution in [2.24, 2.45) is 0 Å². The van der Waals surface area contributed by atoms with E-state index in [9.17, 15) is 48.0 Å². The molecule has 0 bridgehead atoms. The molecule has 0 heterocycles. The van der Waals surface area contributed by atoms with Crippen molar-refractivity contribution in [1.29, 1.82) is 0 Å². The Hall–Kier alpha value is -5.29. The summed E-state index contributed by atoms with van der Waals surface area (Å²) < 4.78 is 28.3. The fourth-order valence-corrected chi connectivity index (χ4v) is 5.69. The molecule has 0 radical (unpaired) electrons. The molecule has 0 atom stereocenters. The summed E-state index contributed by atoms with van der Waals surface area (Å²) in [5.41, 5.74) is -0.121. The lowest BCUT2D eigenvalue weighted by molar-refractivity contribution is 0.0686. The maximum Gasteiger partial charge on any atom is 0.335 e. The molecule has 0 aliphatic heterocycles. The first-order valence-corrected chi connectivity index (χ1v) is 12.6. The average molecular weight is 547 g/mol. The largest absolute Gasteiger partial charge is 0.478 e. The molecular formula is C28H18O10S. The van der Waals surface area contributed by atoms with Gasteiger partial charge in [-0.3, -0.25) is 0 Å². The summed E-state index contributed by atoms with van der Waals surface area (Å²) in [6, 6.07) is 17.4. The van der Waals surface area contributed by atoms with Crippen molar-refractivity contribution in [3.63, 3.8) is 0 Å². The van der Waals surface area contributed by atoms with E-state index in [1.165, 1.54) is 72.8 Å². The van der Waals surface area contributed by atoms with Crippen LogP contribution in [0.2, 0.25) is 0 Å². The normalized spacial score (nSPS) is 11.1. The minimum atomic E-state index is -4.62. The van der Waals surface area contributed by atoms with Gasteiger partial charge in [0.15, 0.2) is 0 Å². The van der Waals surface area contributed by atoms with Crippen LogP contribution in [0.5, 0.6) is 0 Å². The summed E-state index contributed by atoms with van der Waals surface area (Å²) >= 11 is 0. The Morgan fingerprint density at radius 2 is 0.718 bits per heavy atom. The lowest BCUT2D eigenvalue weighted by Gasteiger charge is -2.16. The molecule has 0 amide bonds. The van der Waals surface area contributed by atoms with Gasteiger partial charge in [-0.25, -0.2) is 27.6 Å². The van der Waals surface area contributed by atoms with E-state index in [1.807, 2.05) is 0 Å². The number of sulfone groups is 1. The molecule has 39 heavy (non-hydrogen) atoms. The van der Waals surface area contributed by atoms with Crippen molar-refractivity contribution in [3.8, 4) is 22.3 Å². The molecule has 0 saturated carbocycles. The van der Waals surface area contributed by atoms with Gasteiger partial charge in [0, 0.05) is 11.1 Å². The van der Waals surface area contributed by atoms with E-state index in [0.717, 1.165) is 12.1 Å². The molecule has 4 rings (SSSR count). The predicted molar refractivity (Wildman–Crippen MR) is 137 cm³/mol. The van der Waals surface area contributed by atoms with Gasteiger partial charge in [0.05, 0.1) is 32.0 Å². The zero-order chi connectivity index (χ0) is 28.5. The van der Waals surface area contributed by atoms with Crippen LogP contribution in [-0.4, -0.2) is 52.7 Å². The molecule has 4 aromatic rings. The number of carbonyl (C=O) groups is 4. The Bertz CT molecular complexity index is 1630. The van der Waals surface area contributed by atoms with Crippen LogP contribution < -0.4 is 0 Å². The van der Waals surface area contributed by atoms with Gasteiger partial charge in [-0.15, -0.1) is 0 Å². The number of hydrogen-bond donors (Lipinski definition) is 4. The number of benzene rings is 4. The van der Waals surface area contributed by atoms with Gasteiger partial charge in [0.25, 0.3) is 0 Å². The van der Waals surface area contributed by atoms with E-state index < -0.39 is 43.5 Å². The molecule has 0 spiro atoms. The average Bonchev–Trinajstić information content (AvgIpc) is 2.92. The molecule has 0 aromatic heterocycles. The molecule has 0 aliphatic carbocycles. The number of carboxylic acids is 4. The van der Waals surface area contributed by atoms with Crippen LogP contribution in [0.1, 0.15) is 41.4 Å². The quantitative estimate of drug-likeness (QED) is 0.243. The Morgan fingerprint density at radius 1 is 0.436 bits per heavy atom. The summed E-state index contributed by atoms with van der Waals surface area (Å²) in [5, 5.41) is 37.5. The summed E-state index contributed by atoms with van der Waals surface area (Å²) in [6.45, 7) is 0. The SMILES string of the molecule is O=C(O)c1ccc(-c2ccc(C(=O)O)cc2S(=O)(=O)c2cc(C(=O)O)ccc2-c2ccc(C(=O)O)cc2)cc1. The van der Waals surface area contributed by atoms with Crippen molar-refractivity contribution in [3.05, 3.63) is 107 Å². The smallest absolute Gasteiger partial charge is 0.335 e. The highest BCUT2D eigenvalue weighted by atomic mass is 32.2. The second-order valence-corrected chi connectivity index (χ2v) is 10.2. The summed E-state index contributed by atoms with van der Waals surface area (Å²) in [6.07, 6.45) is 0. The first-order chi connectivity index (χ1) is 18.4. The molecule has 11 heteroatoms. The lowest BCUT2D eigenvalue weighted by Crippen LogP contribution is -2.10. The zero-order valence-corrected chi connectivity index (χ0v) is 20.5. The van der Waals surface area contributed by atoms with Crippen LogP contribution in [-0.2, 0) is 9.84 Å². The van der Waals surface area contributed by atoms with Gasteiger partial charge in [0.1, 0.15) is 0 Å². The highest BCUT2D eigenvalue weighted by molar-refractivity contribution is 7.91. The van der Waals surface area contributed by atoms with Crippen molar-refractivity contribution in [2.75, 3.05) is 0 Å². The van der Waals surface area contributed by atoms with Gasteiger partial charge in [0.2, 0.25) is 9.84 Å². The van der Waals surface area contributed by atoms with E-state index in [4.69, 9.17) is 0 Å². The van der Waals surface area contributed by atoms with Crippen LogP contribution in [0.4, 0.5) is 0 Å². The number of hydrogen-bond acceptors (Lipinski definition) is 6. The van der Waals surface area contributed by atoms with Gasteiger partial charge in [-0.2, -0.15) is 0 Å². The van der Waals surface area contributed by atoms with Crippen molar-refractivity contribution in [2.45, 2.75) is 9.79 Å². The molecule has 10 nitrogen and oxygen atoms in total. The molecule has 0 aliphatic rings. The first-order valence-electron chi connectivity index (χ1n) is 11.1. The monoisotopic (exact) mass is 546 g/mol. The Labute approximate surface area is 221 Å². The van der Waals surface area contributed by atoms with Crippen molar-refractivity contribution < 1.29 is 48.0 Å². The standard InChI is InChI=1S/C28H18O10S/c29-25(30)17-5-1-15(2-6-17)21-11-9-19(27(33)34)13-23(21)39(37,38)24-14-20(28(35)36)10-12-22(24)16-3-7-18(8-4-16)26(31)32/h1-14H,(H,29,30)(H,31,32)(H,33,34)(H,35,36). The second-order valence-electron chi connectivity index (χ2n) is 8.30. The number of aromatic carboxylic acids is 4. The maximum atomic E-state index is 14.1. The van der Waals surface area contributed by atoms with E-state index in [1.54, 1.807) is 0 Å². The summed E-state index contributed by atoms with van der Waals surface area (Å²) in [4.78, 5) is 45.0. The van der Waals surface area contributed by atoms with Gasteiger partial charge in [-0.1, -0.05) is 36.4 Å². The topological polar surface area (TPSA) is 183 Å².